The topological polar surface area (TPSA) is 77.2 Å². The van der Waals surface area contributed by atoms with Crippen molar-refractivity contribution in [1.29, 1.82) is 0 Å². The summed E-state index contributed by atoms with van der Waals surface area (Å²) in [4.78, 5) is 11.1. The van der Waals surface area contributed by atoms with Gasteiger partial charge in [0, 0.05) is 15.6 Å². The Balaban J connectivity index is 3.28. The van der Waals surface area contributed by atoms with Crippen LogP contribution in [0.25, 0.3) is 0 Å². The van der Waals surface area contributed by atoms with Gasteiger partial charge in [0.15, 0.2) is 0 Å². The first-order chi connectivity index (χ1) is 6.30. The summed E-state index contributed by atoms with van der Waals surface area (Å²) >= 11 is 11.1. The van der Waals surface area contributed by atoms with Crippen molar-refractivity contribution in [2.24, 2.45) is 5.14 Å². The van der Waals surface area contributed by atoms with E-state index in [0.29, 0.717) is 0 Å². The van der Waals surface area contributed by atoms with Crippen LogP contribution < -0.4 is 5.14 Å². The van der Waals surface area contributed by atoms with Crippen molar-refractivity contribution in [3.05, 3.63) is 33.8 Å². The molecule has 0 spiro atoms. The highest BCUT2D eigenvalue weighted by Gasteiger charge is 2.19. The maximum absolute atomic E-state index is 11.1. The molecule has 1 aromatic carbocycles. The Bertz CT molecular complexity index is 463. The lowest BCUT2D eigenvalue weighted by Gasteiger charge is -1.99. The van der Waals surface area contributed by atoms with Gasteiger partial charge in [0.25, 0.3) is 15.1 Å². The van der Waals surface area contributed by atoms with E-state index in [1.165, 1.54) is 18.2 Å². The van der Waals surface area contributed by atoms with E-state index in [0.717, 1.165) is 0 Å². The number of hydrogen-bond donors (Lipinski definition) is 1. The average Bonchev–Trinajstić information content (AvgIpc) is 1.99. The molecule has 0 aromatic heterocycles. The van der Waals surface area contributed by atoms with Crippen molar-refractivity contribution in [3.63, 3.8) is 0 Å². The molecule has 7 heteroatoms. The third kappa shape index (κ3) is 2.68. The molecule has 0 aliphatic carbocycles. The largest absolute Gasteiger partial charge is 0.291 e. The van der Waals surface area contributed by atoms with Crippen LogP contribution in [-0.2, 0) is 10.0 Å². The highest BCUT2D eigenvalue weighted by Crippen LogP contribution is 2.19. The van der Waals surface area contributed by atoms with Gasteiger partial charge in [-0.2, -0.15) is 0 Å². The van der Waals surface area contributed by atoms with Gasteiger partial charge in [-0.05, 0) is 18.2 Å². The van der Waals surface area contributed by atoms with Crippen molar-refractivity contribution >= 4 is 38.3 Å². The second-order valence-corrected chi connectivity index (χ2v) is 4.82. The molecule has 0 unspecified atom stereocenters. The first-order valence-electron chi connectivity index (χ1n) is 3.34. The molecule has 0 bridgehead atoms. The molecule has 2 N–H and O–H groups in total. The van der Waals surface area contributed by atoms with Crippen LogP contribution in [0.15, 0.2) is 18.2 Å². The Morgan fingerprint density at radius 3 is 1.93 bits per heavy atom. The molecule has 0 aliphatic heterocycles. The molecule has 0 fully saturated rings. The van der Waals surface area contributed by atoms with E-state index >= 15 is 0 Å². The van der Waals surface area contributed by atoms with Gasteiger partial charge in [-0.3, -0.25) is 4.79 Å². The summed E-state index contributed by atoms with van der Waals surface area (Å²) in [5.74, 6) is 0. The molecule has 1 aromatic rings. The Labute approximate surface area is 90.7 Å². The minimum atomic E-state index is -4.25. The summed E-state index contributed by atoms with van der Waals surface area (Å²) in [5, 5.41) is 3.78. The first-order valence-corrected chi connectivity index (χ1v) is 5.64. The van der Waals surface area contributed by atoms with Crippen LogP contribution in [0.1, 0.15) is 10.4 Å². The van der Waals surface area contributed by atoms with Gasteiger partial charge in [0.1, 0.15) is 0 Å². The van der Waals surface area contributed by atoms with E-state index in [4.69, 9.17) is 23.2 Å². The number of benzene rings is 1. The van der Waals surface area contributed by atoms with Crippen LogP contribution in [0, 0.1) is 0 Å². The zero-order chi connectivity index (χ0) is 10.9. The zero-order valence-corrected chi connectivity index (χ0v) is 9.03. The molecule has 14 heavy (non-hydrogen) atoms. The van der Waals surface area contributed by atoms with E-state index in [1.54, 1.807) is 0 Å². The quantitative estimate of drug-likeness (QED) is 0.823. The molecule has 0 saturated heterocycles. The fourth-order valence-electron chi connectivity index (χ4n) is 0.836. The first kappa shape index (κ1) is 11.5. The second kappa shape index (κ2) is 3.86. The van der Waals surface area contributed by atoms with Crippen LogP contribution in [0.3, 0.4) is 0 Å². The van der Waals surface area contributed by atoms with Crippen LogP contribution in [0.2, 0.25) is 10.0 Å². The minimum absolute atomic E-state index is 0.148. The Hall–Kier alpha value is -0.620. The van der Waals surface area contributed by atoms with E-state index < -0.39 is 15.1 Å². The third-order valence-corrected chi connectivity index (χ3v) is 2.55. The average molecular weight is 254 g/mol. The summed E-state index contributed by atoms with van der Waals surface area (Å²) in [6.07, 6.45) is 0. The number of primary sulfonamides is 1. The number of carbonyl (C=O) groups is 1. The smallest absolute Gasteiger partial charge is 0.274 e. The predicted molar refractivity (Wildman–Crippen MR) is 53.9 cm³/mol. The van der Waals surface area contributed by atoms with Gasteiger partial charge in [-0.15, -0.1) is 0 Å². The van der Waals surface area contributed by atoms with Crippen LogP contribution in [0.4, 0.5) is 0 Å². The van der Waals surface area contributed by atoms with Gasteiger partial charge >= 0.3 is 0 Å². The molecular formula is C7H5Cl2NO3S. The van der Waals surface area contributed by atoms with E-state index in [1.807, 2.05) is 0 Å². The lowest BCUT2D eigenvalue weighted by Crippen LogP contribution is -2.23. The molecule has 1 rings (SSSR count). The van der Waals surface area contributed by atoms with Gasteiger partial charge in [-0.25, -0.2) is 13.6 Å². The lowest BCUT2D eigenvalue weighted by atomic mass is 10.2. The van der Waals surface area contributed by atoms with Crippen molar-refractivity contribution in [2.75, 3.05) is 0 Å². The number of halogens is 2. The van der Waals surface area contributed by atoms with Crippen molar-refractivity contribution in [2.45, 2.75) is 0 Å². The highest BCUT2D eigenvalue weighted by molar-refractivity contribution is 8.04. The van der Waals surface area contributed by atoms with Gasteiger partial charge in [0.2, 0.25) is 0 Å². The molecular weight excluding hydrogens is 249 g/mol. The van der Waals surface area contributed by atoms with E-state index in [-0.39, 0.29) is 15.6 Å². The highest BCUT2D eigenvalue weighted by atomic mass is 35.5. The lowest BCUT2D eigenvalue weighted by molar-refractivity contribution is 0.107. The third-order valence-electron chi connectivity index (χ3n) is 1.36. The van der Waals surface area contributed by atoms with Gasteiger partial charge < -0.3 is 0 Å². The number of carbonyl (C=O) groups excluding carboxylic acids is 1. The Morgan fingerprint density at radius 2 is 1.57 bits per heavy atom. The zero-order valence-electron chi connectivity index (χ0n) is 6.70. The second-order valence-electron chi connectivity index (χ2n) is 2.49. The number of sulfonamides is 1. The molecule has 0 heterocycles. The molecule has 4 nitrogen and oxygen atoms in total. The van der Waals surface area contributed by atoms with Crippen LogP contribution in [0.5, 0.6) is 0 Å². The molecule has 0 saturated carbocycles. The Morgan fingerprint density at radius 1 is 1.14 bits per heavy atom. The predicted octanol–water partition coefficient (Wildman–Crippen LogP) is 1.42. The maximum atomic E-state index is 11.1. The molecule has 0 atom stereocenters. The van der Waals surface area contributed by atoms with Crippen molar-refractivity contribution in [3.8, 4) is 0 Å². The number of rotatable bonds is 1. The van der Waals surface area contributed by atoms with Crippen molar-refractivity contribution < 1.29 is 13.2 Å². The van der Waals surface area contributed by atoms with Crippen LogP contribution >= 0.6 is 23.2 Å². The van der Waals surface area contributed by atoms with E-state index in [9.17, 15) is 13.2 Å². The fourth-order valence-corrected chi connectivity index (χ4v) is 1.81. The number of hydrogen-bond acceptors (Lipinski definition) is 3. The summed E-state index contributed by atoms with van der Waals surface area (Å²) < 4.78 is 21.4. The van der Waals surface area contributed by atoms with E-state index in [2.05, 4.69) is 5.14 Å². The maximum Gasteiger partial charge on any atom is 0.291 e. The molecule has 0 amide bonds. The fraction of sp³-hybridized carbons (Fsp3) is 0. The molecule has 0 radical (unpaired) electrons. The minimum Gasteiger partial charge on any atom is -0.274 e. The van der Waals surface area contributed by atoms with Gasteiger partial charge in [-0.1, -0.05) is 23.2 Å². The number of nitrogens with two attached hydrogens (primary N) is 1. The SMILES string of the molecule is NS(=O)(=O)C(=O)c1cc(Cl)cc(Cl)c1. The monoisotopic (exact) mass is 253 g/mol. The standard InChI is InChI=1S/C7H5Cl2NO3S/c8-5-1-4(2-6(9)3-5)7(11)14(10,12)13/h1-3H,(H2,10,12,13). The summed E-state index contributed by atoms with van der Waals surface area (Å²) in [7, 11) is -4.25. The van der Waals surface area contributed by atoms with Crippen molar-refractivity contribution in [1.82, 2.24) is 0 Å². The Kier molecular flexibility index (Phi) is 3.16. The summed E-state index contributed by atoms with van der Waals surface area (Å²) in [6.45, 7) is 0. The normalized spacial score (nSPS) is 11.4. The molecule has 0 aliphatic rings. The van der Waals surface area contributed by atoms with Gasteiger partial charge in [0.05, 0.1) is 0 Å². The molecule has 76 valence electrons. The summed E-state index contributed by atoms with van der Waals surface area (Å²) in [6, 6.07) is 3.74. The van der Waals surface area contributed by atoms with Crippen LogP contribution in [-0.4, -0.2) is 13.5 Å². The summed E-state index contributed by atoms with van der Waals surface area (Å²) in [5.41, 5.74) is -0.148.